The van der Waals surface area contributed by atoms with E-state index in [0.717, 1.165) is 18.1 Å². The van der Waals surface area contributed by atoms with Crippen LogP contribution in [0.3, 0.4) is 0 Å². The monoisotopic (exact) mass is 205 g/mol. The molecule has 15 heavy (non-hydrogen) atoms. The molecule has 0 saturated carbocycles. The first-order chi connectivity index (χ1) is 7.19. The quantitative estimate of drug-likeness (QED) is 0.708. The van der Waals surface area contributed by atoms with Gasteiger partial charge >= 0.3 is 0 Å². The topological polar surface area (TPSA) is 33.5 Å². The lowest BCUT2D eigenvalue weighted by molar-refractivity contribution is -0.128. The van der Waals surface area contributed by atoms with E-state index in [1.807, 2.05) is 30.0 Å². The van der Waals surface area contributed by atoms with Crippen LogP contribution in [-0.4, -0.2) is 17.4 Å². The molecule has 0 spiro atoms. The summed E-state index contributed by atoms with van der Waals surface area (Å²) in [6, 6.07) is 3.84. The summed E-state index contributed by atoms with van der Waals surface area (Å²) >= 11 is 0. The van der Waals surface area contributed by atoms with E-state index in [9.17, 15) is 4.79 Å². The maximum Gasteiger partial charge on any atom is 0.223 e. The molecule has 0 aromatic carbocycles. The van der Waals surface area contributed by atoms with Crippen molar-refractivity contribution < 1.29 is 9.21 Å². The van der Waals surface area contributed by atoms with Gasteiger partial charge in [-0.3, -0.25) is 4.79 Å². The van der Waals surface area contributed by atoms with Gasteiger partial charge in [-0.25, -0.2) is 0 Å². The van der Waals surface area contributed by atoms with Crippen LogP contribution in [0.25, 0.3) is 0 Å². The van der Waals surface area contributed by atoms with Crippen LogP contribution in [0, 0.1) is 12.8 Å². The van der Waals surface area contributed by atoms with Gasteiger partial charge in [0, 0.05) is 18.9 Å². The molecular formula is C12H15NO2. The van der Waals surface area contributed by atoms with Crippen LogP contribution in [0.15, 0.2) is 29.2 Å². The molecule has 2 rings (SSSR count). The van der Waals surface area contributed by atoms with Gasteiger partial charge in [0.25, 0.3) is 0 Å². The zero-order valence-electron chi connectivity index (χ0n) is 8.90. The van der Waals surface area contributed by atoms with Crippen molar-refractivity contribution in [3.05, 3.63) is 36.3 Å². The molecule has 1 aromatic heterocycles. The van der Waals surface area contributed by atoms with E-state index in [1.54, 1.807) is 0 Å². The Morgan fingerprint density at radius 3 is 3.00 bits per heavy atom. The average Bonchev–Trinajstić information content (AvgIpc) is 2.75. The second-order valence-corrected chi connectivity index (χ2v) is 3.99. The molecule has 2 heterocycles. The first-order valence-electron chi connectivity index (χ1n) is 5.14. The SMILES string of the molecule is C=CC1CC(=O)N(Cc2ccc(C)o2)C1. The second kappa shape index (κ2) is 3.93. The number of nitrogens with zero attached hydrogens (tertiary/aromatic N) is 1. The van der Waals surface area contributed by atoms with E-state index >= 15 is 0 Å². The van der Waals surface area contributed by atoms with Gasteiger partial charge in [0.15, 0.2) is 0 Å². The summed E-state index contributed by atoms with van der Waals surface area (Å²) in [6.07, 6.45) is 2.44. The van der Waals surface area contributed by atoms with Crippen LogP contribution in [0.2, 0.25) is 0 Å². The van der Waals surface area contributed by atoms with Crippen molar-refractivity contribution in [2.45, 2.75) is 19.9 Å². The summed E-state index contributed by atoms with van der Waals surface area (Å²) in [4.78, 5) is 13.4. The van der Waals surface area contributed by atoms with Crippen LogP contribution >= 0.6 is 0 Å². The number of carbonyl (C=O) groups excluding carboxylic acids is 1. The Labute approximate surface area is 89.4 Å². The number of hydrogen-bond donors (Lipinski definition) is 0. The summed E-state index contributed by atoms with van der Waals surface area (Å²) < 4.78 is 5.44. The fourth-order valence-electron chi connectivity index (χ4n) is 1.87. The minimum absolute atomic E-state index is 0.189. The highest BCUT2D eigenvalue weighted by atomic mass is 16.3. The smallest absolute Gasteiger partial charge is 0.223 e. The Balaban J connectivity index is 2.01. The number of hydrogen-bond acceptors (Lipinski definition) is 2. The highest BCUT2D eigenvalue weighted by Gasteiger charge is 2.27. The highest BCUT2D eigenvalue weighted by Crippen LogP contribution is 2.21. The molecular weight excluding hydrogens is 190 g/mol. The number of likely N-dealkylation sites (tertiary alicyclic amines) is 1. The Morgan fingerprint density at radius 2 is 2.47 bits per heavy atom. The summed E-state index contributed by atoms with van der Waals surface area (Å²) in [6.45, 7) is 6.97. The fourth-order valence-corrected chi connectivity index (χ4v) is 1.87. The maximum atomic E-state index is 11.6. The lowest BCUT2D eigenvalue weighted by Gasteiger charge is -2.13. The van der Waals surface area contributed by atoms with Crippen molar-refractivity contribution in [3.63, 3.8) is 0 Å². The van der Waals surface area contributed by atoms with E-state index in [1.165, 1.54) is 0 Å². The van der Waals surface area contributed by atoms with E-state index in [4.69, 9.17) is 4.42 Å². The van der Waals surface area contributed by atoms with Crippen molar-refractivity contribution in [3.8, 4) is 0 Å². The Kier molecular flexibility index (Phi) is 2.62. The molecule has 3 heteroatoms. The molecule has 0 bridgehead atoms. The van der Waals surface area contributed by atoms with E-state index in [-0.39, 0.29) is 5.91 Å². The van der Waals surface area contributed by atoms with Gasteiger partial charge in [-0.1, -0.05) is 6.08 Å². The molecule has 0 aliphatic carbocycles. The number of furan rings is 1. The zero-order chi connectivity index (χ0) is 10.8. The highest BCUT2D eigenvalue weighted by molar-refractivity contribution is 5.78. The molecule has 3 nitrogen and oxygen atoms in total. The van der Waals surface area contributed by atoms with Gasteiger partial charge in [0.05, 0.1) is 6.54 Å². The fraction of sp³-hybridized carbons (Fsp3) is 0.417. The molecule has 1 saturated heterocycles. The summed E-state index contributed by atoms with van der Waals surface area (Å²) in [5, 5.41) is 0. The molecule has 1 fully saturated rings. The van der Waals surface area contributed by atoms with Gasteiger partial charge in [0.2, 0.25) is 5.91 Å². The third-order valence-electron chi connectivity index (χ3n) is 2.72. The number of amides is 1. The first-order valence-corrected chi connectivity index (χ1v) is 5.14. The molecule has 1 amide bonds. The van der Waals surface area contributed by atoms with Gasteiger partial charge in [-0.2, -0.15) is 0 Å². The van der Waals surface area contributed by atoms with E-state index in [2.05, 4.69) is 6.58 Å². The normalized spacial score (nSPS) is 21.0. The van der Waals surface area contributed by atoms with E-state index < -0.39 is 0 Å². The van der Waals surface area contributed by atoms with Crippen LogP contribution in [0.4, 0.5) is 0 Å². The molecule has 1 aliphatic heterocycles. The Morgan fingerprint density at radius 1 is 1.67 bits per heavy atom. The number of aryl methyl sites for hydroxylation is 1. The third kappa shape index (κ3) is 2.12. The van der Waals surface area contributed by atoms with Crippen molar-refractivity contribution >= 4 is 5.91 Å². The molecule has 0 radical (unpaired) electrons. The molecule has 1 aliphatic rings. The largest absolute Gasteiger partial charge is 0.464 e. The van der Waals surface area contributed by atoms with Crippen molar-refractivity contribution in [2.24, 2.45) is 5.92 Å². The lowest BCUT2D eigenvalue weighted by Crippen LogP contribution is -2.24. The van der Waals surface area contributed by atoms with Crippen LogP contribution in [0.5, 0.6) is 0 Å². The molecule has 1 unspecified atom stereocenters. The summed E-state index contributed by atoms with van der Waals surface area (Å²) in [7, 11) is 0. The summed E-state index contributed by atoms with van der Waals surface area (Å²) in [5.41, 5.74) is 0. The average molecular weight is 205 g/mol. The van der Waals surface area contributed by atoms with E-state index in [0.29, 0.717) is 18.9 Å². The lowest BCUT2D eigenvalue weighted by atomic mass is 10.1. The number of rotatable bonds is 3. The Bertz CT molecular complexity index is 381. The standard InChI is InChI=1S/C12H15NO2/c1-3-10-6-12(14)13(7-10)8-11-5-4-9(2)15-11/h3-5,10H,1,6-8H2,2H3. The van der Waals surface area contributed by atoms with Crippen LogP contribution in [0.1, 0.15) is 17.9 Å². The Hall–Kier alpha value is -1.51. The first kappa shape index (κ1) is 10.0. The number of carbonyl (C=O) groups is 1. The minimum atomic E-state index is 0.189. The van der Waals surface area contributed by atoms with Gasteiger partial charge < -0.3 is 9.32 Å². The maximum absolute atomic E-state index is 11.6. The molecule has 1 aromatic rings. The zero-order valence-corrected chi connectivity index (χ0v) is 8.90. The predicted molar refractivity (Wildman–Crippen MR) is 57.2 cm³/mol. The van der Waals surface area contributed by atoms with Crippen molar-refractivity contribution in [1.82, 2.24) is 4.90 Å². The van der Waals surface area contributed by atoms with Gasteiger partial charge in [-0.15, -0.1) is 6.58 Å². The molecule has 1 atom stereocenters. The molecule has 80 valence electrons. The van der Waals surface area contributed by atoms with Crippen molar-refractivity contribution in [1.29, 1.82) is 0 Å². The van der Waals surface area contributed by atoms with Crippen molar-refractivity contribution in [2.75, 3.05) is 6.54 Å². The minimum Gasteiger partial charge on any atom is -0.464 e. The van der Waals surface area contributed by atoms with Gasteiger partial charge in [0.1, 0.15) is 11.5 Å². The predicted octanol–water partition coefficient (Wildman–Crippen LogP) is 2.12. The third-order valence-corrected chi connectivity index (χ3v) is 2.72. The molecule has 0 N–H and O–H groups in total. The van der Waals surface area contributed by atoms with Crippen LogP contribution < -0.4 is 0 Å². The summed E-state index contributed by atoms with van der Waals surface area (Å²) in [5.74, 6) is 2.23. The van der Waals surface area contributed by atoms with Crippen LogP contribution in [-0.2, 0) is 11.3 Å². The second-order valence-electron chi connectivity index (χ2n) is 3.99. The van der Waals surface area contributed by atoms with Gasteiger partial charge in [-0.05, 0) is 19.1 Å².